The topological polar surface area (TPSA) is 49.3 Å². The van der Waals surface area contributed by atoms with Crippen molar-refractivity contribution in [3.05, 3.63) is 70.5 Å². The standard InChI is InChI=1S/C17H17ClFNO2/c18-14-6-4-13(5-7-14)16(21)11-20-17(22)10-3-12-1-8-15(19)9-2-12/h1-2,4-9,16,21H,3,10-11H2,(H,20,22). The smallest absolute Gasteiger partial charge is 0.220 e. The van der Waals surface area contributed by atoms with Gasteiger partial charge in [-0.15, -0.1) is 0 Å². The highest BCUT2D eigenvalue weighted by Crippen LogP contribution is 2.15. The summed E-state index contributed by atoms with van der Waals surface area (Å²) >= 11 is 5.78. The molecule has 116 valence electrons. The third-order valence-corrected chi connectivity index (χ3v) is 3.55. The Hall–Kier alpha value is -1.91. The van der Waals surface area contributed by atoms with Gasteiger partial charge in [-0.1, -0.05) is 35.9 Å². The van der Waals surface area contributed by atoms with Crippen LogP contribution in [0.5, 0.6) is 0 Å². The highest BCUT2D eigenvalue weighted by Gasteiger charge is 2.09. The maximum Gasteiger partial charge on any atom is 0.220 e. The maximum absolute atomic E-state index is 12.8. The van der Waals surface area contributed by atoms with Crippen molar-refractivity contribution < 1.29 is 14.3 Å². The Morgan fingerprint density at radius 1 is 1.14 bits per heavy atom. The minimum absolute atomic E-state index is 0.143. The van der Waals surface area contributed by atoms with E-state index in [2.05, 4.69) is 5.32 Å². The fourth-order valence-electron chi connectivity index (χ4n) is 2.01. The lowest BCUT2D eigenvalue weighted by Gasteiger charge is -2.12. The number of aryl methyl sites for hydroxylation is 1. The monoisotopic (exact) mass is 321 g/mol. The van der Waals surface area contributed by atoms with Gasteiger partial charge in [-0.25, -0.2) is 4.39 Å². The Bertz CT molecular complexity index is 614. The molecule has 0 bridgehead atoms. The van der Waals surface area contributed by atoms with E-state index in [0.717, 1.165) is 5.56 Å². The number of carbonyl (C=O) groups excluding carboxylic acids is 1. The first-order valence-corrected chi connectivity index (χ1v) is 7.37. The second-order valence-corrected chi connectivity index (χ2v) is 5.43. The first-order chi connectivity index (χ1) is 10.5. The van der Waals surface area contributed by atoms with Crippen molar-refractivity contribution >= 4 is 17.5 Å². The molecule has 1 atom stereocenters. The van der Waals surface area contributed by atoms with E-state index < -0.39 is 6.10 Å². The SMILES string of the molecule is O=C(CCc1ccc(F)cc1)NCC(O)c1ccc(Cl)cc1. The van der Waals surface area contributed by atoms with Gasteiger partial charge in [0.05, 0.1) is 6.10 Å². The first-order valence-electron chi connectivity index (χ1n) is 6.99. The maximum atomic E-state index is 12.8. The highest BCUT2D eigenvalue weighted by molar-refractivity contribution is 6.30. The molecule has 2 N–H and O–H groups in total. The lowest BCUT2D eigenvalue weighted by atomic mass is 10.1. The summed E-state index contributed by atoms with van der Waals surface area (Å²) in [4.78, 5) is 11.8. The van der Waals surface area contributed by atoms with E-state index in [1.807, 2.05) is 0 Å². The molecule has 2 aromatic carbocycles. The van der Waals surface area contributed by atoms with Crippen LogP contribution in [-0.2, 0) is 11.2 Å². The van der Waals surface area contributed by atoms with Crippen LogP contribution < -0.4 is 5.32 Å². The molecular formula is C17H17ClFNO2. The van der Waals surface area contributed by atoms with Crippen LogP contribution in [0, 0.1) is 5.82 Å². The van der Waals surface area contributed by atoms with Gasteiger partial charge >= 0.3 is 0 Å². The second-order valence-electron chi connectivity index (χ2n) is 5.00. The van der Waals surface area contributed by atoms with Crippen LogP contribution >= 0.6 is 11.6 Å². The molecule has 0 radical (unpaired) electrons. The van der Waals surface area contributed by atoms with Gasteiger partial charge in [0, 0.05) is 18.0 Å². The van der Waals surface area contributed by atoms with Crippen molar-refractivity contribution in [3.63, 3.8) is 0 Å². The fraction of sp³-hybridized carbons (Fsp3) is 0.235. The van der Waals surface area contributed by atoms with Gasteiger partial charge in [-0.2, -0.15) is 0 Å². The molecule has 22 heavy (non-hydrogen) atoms. The lowest BCUT2D eigenvalue weighted by Crippen LogP contribution is -2.28. The minimum Gasteiger partial charge on any atom is -0.387 e. The third kappa shape index (κ3) is 5.13. The molecule has 2 rings (SSSR count). The van der Waals surface area contributed by atoms with Gasteiger partial charge in [0.25, 0.3) is 0 Å². The summed E-state index contributed by atoms with van der Waals surface area (Å²) in [5.41, 5.74) is 1.60. The highest BCUT2D eigenvalue weighted by atomic mass is 35.5. The molecule has 0 saturated carbocycles. The van der Waals surface area contributed by atoms with Gasteiger partial charge in [0.2, 0.25) is 5.91 Å². The molecule has 3 nitrogen and oxygen atoms in total. The molecule has 0 heterocycles. The number of carbonyl (C=O) groups is 1. The lowest BCUT2D eigenvalue weighted by molar-refractivity contribution is -0.121. The zero-order valence-corrected chi connectivity index (χ0v) is 12.7. The molecule has 0 fully saturated rings. The summed E-state index contributed by atoms with van der Waals surface area (Å²) in [6, 6.07) is 12.9. The number of benzene rings is 2. The molecule has 0 aliphatic carbocycles. The summed E-state index contributed by atoms with van der Waals surface area (Å²) in [5.74, 6) is -0.448. The molecule has 0 aliphatic heterocycles. The molecular weight excluding hydrogens is 305 g/mol. The van der Waals surface area contributed by atoms with E-state index in [0.29, 0.717) is 23.4 Å². The Labute approximate surface area is 133 Å². The molecule has 5 heteroatoms. The number of hydrogen-bond donors (Lipinski definition) is 2. The number of nitrogens with one attached hydrogen (secondary N) is 1. The van der Waals surface area contributed by atoms with Crippen LogP contribution in [-0.4, -0.2) is 17.6 Å². The van der Waals surface area contributed by atoms with Gasteiger partial charge in [0.1, 0.15) is 5.82 Å². The summed E-state index contributed by atoms with van der Waals surface area (Å²) in [6.45, 7) is 0.143. The van der Waals surface area contributed by atoms with Gasteiger partial charge in [-0.05, 0) is 41.8 Å². The van der Waals surface area contributed by atoms with Crippen molar-refractivity contribution in [3.8, 4) is 0 Å². The molecule has 1 unspecified atom stereocenters. The van der Waals surface area contributed by atoms with Gasteiger partial charge in [-0.3, -0.25) is 4.79 Å². The summed E-state index contributed by atoms with van der Waals surface area (Å²) in [5, 5.41) is 13.3. The quantitative estimate of drug-likeness (QED) is 0.858. The fourth-order valence-corrected chi connectivity index (χ4v) is 2.14. The summed E-state index contributed by atoms with van der Waals surface area (Å²) in [7, 11) is 0. The number of rotatable bonds is 6. The minimum atomic E-state index is -0.771. The van der Waals surface area contributed by atoms with Crippen LogP contribution in [0.25, 0.3) is 0 Å². The van der Waals surface area contributed by atoms with E-state index in [4.69, 9.17) is 11.6 Å². The van der Waals surface area contributed by atoms with Crippen molar-refractivity contribution in [1.82, 2.24) is 5.32 Å². The van der Waals surface area contributed by atoms with Crippen LogP contribution in [0.4, 0.5) is 4.39 Å². The van der Waals surface area contributed by atoms with E-state index >= 15 is 0 Å². The molecule has 0 aliphatic rings. The molecule has 0 spiro atoms. The van der Waals surface area contributed by atoms with Crippen LogP contribution in [0.2, 0.25) is 5.02 Å². The predicted molar refractivity (Wildman–Crippen MR) is 84.1 cm³/mol. The second kappa shape index (κ2) is 7.92. The van der Waals surface area contributed by atoms with Crippen molar-refractivity contribution in [2.75, 3.05) is 6.54 Å². The summed E-state index contributed by atoms with van der Waals surface area (Å²) in [6.07, 6.45) is 0.0503. The average Bonchev–Trinajstić information content (AvgIpc) is 2.52. The van der Waals surface area contributed by atoms with Crippen LogP contribution in [0.3, 0.4) is 0 Å². The van der Waals surface area contributed by atoms with E-state index in [1.54, 1.807) is 36.4 Å². The van der Waals surface area contributed by atoms with Crippen molar-refractivity contribution in [2.45, 2.75) is 18.9 Å². The Morgan fingerprint density at radius 3 is 2.41 bits per heavy atom. The van der Waals surface area contributed by atoms with E-state index in [-0.39, 0.29) is 18.3 Å². The van der Waals surface area contributed by atoms with Crippen molar-refractivity contribution in [2.24, 2.45) is 0 Å². The van der Waals surface area contributed by atoms with Crippen LogP contribution in [0.15, 0.2) is 48.5 Å². The Balaban J connectivity index is 1.75. The number of amides is 1. The molecule has 0 aromatic heterocycles. The predicted octanol–water partition coefficient (Wildman–Crippen LogP) is 3.26. The molecule has 0 saturated heterocycles. The summed E-state index contributed by atoms with van der Waals surface area (Å²) < 4.78 is 12.8. The number of halogens is 2. The van der Waals surface area contributed by atoms with Crippen molar-refractivity contribution in [1.29, 1.82) is 0 Å². The van der Waals surface area contributed by atoms with E-state index in [1.165, 1.54) is 12.1 Å². The van der Waals surface area contributed by atoms with E-state index in [9.17, 15) is 14.3 Å². The zero-order valence-electron chi connectivity index (χ0n) is 11.9. The molecule has 2 aromatic rings. The number of hydrogen-bond acceptors (Lipinski definition) is 2. The Kier molecular flexibility index (Phi) is 5.92. The normalized spacial score (nSPS) is 12.0. The number of aliphatic hydroxyl groups excluding tert-OH is 1. The third-order valence-electron chi connectivity index (χ3n) is 3.30. The van der Waals surface area contributed by atoms with Gasteiger partial charge < -0.3 is 10.4 Å². The number of aliphatic hydroxyl groups is 1. The Morgan fingerprint density at radius 2 is 1.77 bits per heavy atom. The largest absolute Gasteiger partial charge is 0.387 e. The first kappa shape index (κ1) is 16.5. The zero-order chi connectivity index (χ0) is 15.9. The molecule has 1 amide bonds. The average molecular weight is 322 g/mol. The van der Waals surface area contributed by atoms with Gasteiger partial charge in [0.15, 0.2) is 0 Å². The van der Waals surface area contributed by atoms with Crippen LogP contribution in [0.1, 0.15) is 23.7 Å².